The van der Waals surface area contributed by atoms with Crippen LogP contribution in [-0.2, 0) is 4.74 Å². The van der Waals surface area contributed by atoms with E-state index in [1.165, 1.54) is 5.69 Å². The van der Waals surface area contributed by atoms with E-state index in [1.807, 2.05) is 31.3 Å². The van der Waals surface area contributed by atoms with Crippen LogP contribution in [-0.4, -0.2) is 37.4 Å². The number of nitrogens with zero attached hydrogens (tertiary/aromatic N) is 3. The summed E-state index contributed by atoms with van der Waals surface area (Å²) >= 11 is 0. The molecule has 0 bridgehead atoms. The lowest BCUT2D eigenvalue weighted by atomic mass is 10.0. The number of hydrogen-bond donors (Lipinski definition) is 0. The van der Waals surface area contributed by atoms with Crippen LogP contribution in [0.3, 0.4) is 0 Å². The first-order chi connectivity index (χ1) is 17.0. The van der Waals surface area contributed by atoms with Crippen LogP contribution in [0, 0.1) is 11.3 Å². The highest BCUT2D eigenvalue weighted by molar-refractivity contribution is 5.76. The molecule has 0 saturated carbocycles. The lowest BCUT2D eigenvalue weighted by molar-refractivity contribution is -0.00521. The summed E-state index contributed by atoms with van der Waals surface area (Å²) in [4.78, 5) is 7.22. The maximum atomic E-state index is 9.13. The van der Waals surface area contributed by atoms with Crippen LogP contribution in [0.25, 0.3) is 22.8 Å². The number of methoxy groups -OCH3 is 1. The molecule has 4 rings (SSSR count). The van der Waals surface area contributed by atoms with Gasteiger partial charge < -0.3 is 14.4 Å². The van der Waals surface area contributed by atoms with Gasteiger partial charge in [-0.25, -0.2) is 0 Å². The second kappa shape index (κ2) is 10.6. The Balaban J connectivity index is 1.78. The summed E-state index contributed by atoms with van der Waals surface area (Å²) in [6, 6.07) is 18.2. The van der Waals surface area contributed by atoms with Crippen molar-refractivity contribution in [3.05, 3.63) is 89.1 Å². The third kappa shape index (κ3) is 4.99. The molecule has 1 saturated heterocycles. The van der Waals surface area contributed by atoms with Crippen LogP contribution in [0.5, 0.6) is 5.75 Å². The van der Waals surface area contributed by atoms with Crippen LogP contribution >= 0.6 is 0 Å². The van der Waals surface area contributed by atoms with E-state index in [2.05, 4.69) is 55.7 Å². The Kier molecular flexibility index (Phi) is 7.33. The average molecular weight is 466 g/mol. The highest BCUT2D eigenvalue weighted by Gasteiger charge is 2.22. The highest BCUT2D eigenvalue weighted by Crippen LogP contribution is 2.29. The van der Waals surface area contributed by atoms with Gasteiger partial charge in [0.1, 0.15) is 5.75 Å². The summed E-state index contributed by atoms with van der Waals surface area (Å²) < 4.78 is 11.8. The van der Waals surface area contributed by atoms with Gasteiger partial charge in [-0.05, 0) is 56.2 Å². The third-order valence-corrected chi connectivity index (χ3v) is 6.31. The number of anilines is 1. The Labute approximate surface area is 207 Å². The molecular formula is C30H31N3O2. The number of aromatic nitrogens is 1. The summed E-state index contributed by atoms with van der Waals surface area (Å²) in [6.07, 6.45) is 6.11. The van der Waals surface area contributed by atoms with E-state index in [1.54, 1.807) is 25.3 Å². The Hall–Kier alpha value is -3.88. The normalized spacial score (nSPS) is 19.2. The zero-order chi connectivity index (χ0) is 24.9. The highest BCUT2D eigenvalue weighted by atomic mass is 16.5. The topological polar surface area (TPSA) is 58.4 Å². The summed E-state index contributed by atoms with van der Waals surface area (Å²) in [6.45, 7) is 12.0. The van der Waals surface area contributed by atoms with Crippen molar-refractivity contribution in [3.8, 4) is 22.9 Å². The van der Waals surface area contributed by atoms with Crippen molar-refractivity contribution >= 4 is 17.3 Å². The summed E-state index contributed by atoms with van der Waals surface area (Å²) in [7, 11) is 1.69. The molecular weight excluding hydrogens is 434 g/mol. The molecule has 3 aromatic rings. The summed E-state index contributed by atoms with van der Waals surface area (Å²) in [5.41, 5.74) is 5.61. The SMILES string of the molecule is C=C/C(c1ccc(C#N)cc1)=c1/ncc(-c2ccc(N3CC(C)OC(C)C3)cc2)c(OC)/c1=C/C. The van der Waals surface area contributed by atoms with E-state index in [-0.39, 0.29) is 12.2 Å². The first kappa shape index (κ1) is 24.3. The molecule has 5 nitrogen and oxygen atoms in total. The fourth-order valence-electron chi connectivity index (χ4n) is 4.73. The van der Waals surface area contributed by atoms with E-state index < -0.39 is 0 Å². The zero-order valence-electron chi connectivity index (χ0n) is 20.8. The number of benzene rings is 2. The molecule has 0 N–H and O–H groups in total. The van der Waals surface area contributed by atoms with Crippen molar-refractivity contribution < 1.29 is 9.47 Å². The molecule has 1 fully saturated rings. The van der Waals surface area contributed by atoms with Gasteiger partial charge in [-0.15, -0.1) is 0 Å². The summed E-state index contributed by atoms with van der Waals surface area (Å²) in [5.74, 6) is 0.770. The number of pyridine rings is 1. The van der Waals surface area contributed by atoms with Gasteiger partial charge in [0.25, 0.3) is 0 Å². The fraction of sp³-hybridized carbons (Fsp3) is 0.267. The van der Waals surface area contributed by atoms with Gasteiger partial charge in [-0.1, -0.05) is 43.0 Å². The molecule has 2 heterocycles. The van der Waals surface area contributed by atoms with E-state index in [0.29, 0.717) is 5.56 Å². The van der Waals surface area contributed by atoms with Gasteiger partial charge in [-0.3, -0.25) is 4.98 Å². The number of ether oxygens (including phenoxy) is 2. The van der Waals surface area contributed by atoms with Gasteiger partial charge in [0.15, 0.2) is 0 Å². The number of nitriles is 1. The fourth-order valence-corrected chi connectivity index (χ4v) is 4.73. The summed E-state index contributed by atoms with van der Waals surface area (Å²) in [5, 5.41) is 10.8. The molecule has 1 aliphatic heterocycles. The van der Waals surface area contributed by atoms with Gasteiger partial charge >= 0.3 is 0 Å². The monoisotopic (exact) mass is 465 g/mol. The molecule has 0 amide bonds. The minimum atomic E-state index is 0.212. The number of hydrogen-bond acceptors (Lipinski definition) is 5. The maximum absolute atomic E-state index is 9.13. The predicted octanol–water partition coefficient (Wildman–Crippen LogP) is 4.43. The van der Waals surface area contributed by atoms with Crippen molar-refractivity contribution in [1.82, 2.24) is 4.98 Å². The first-order valence-electron chi connectivity index (χ1n) is 11.9. The second-order valence-corrected chi connectivity index (χ2v) is 8.77. The molecule has 2 atom stereocenters. The van der Waals surface area contributed by atoms with Crippen molar-refractivity contribution in [2.45, 2.75) is 33.0 Å². The van der Waals surface area contributed by atoms with Crippen LogP contribution in [0.4, 0.5) is 5.69 Å². The standard InChI is InChI=1S/C30H31N3O2/c1-6-26(23-10-8-22(16-31)9-11-23)29-27(7-2)30(34-5)28(17-32-29)24-12-14-25(15-13-24)33-18-20(3)35-21(4)19-33/h6-15,17,20-21H,1,18-19H2,2-5H3/b27-7+,29-26-. The Bertz CT molecular complexity index is 1360. The van der Waals surface area contributed by atoms with Gasteiger partial charge in [-0.2, -0.15) is 5.26 Å². The molecule has 178 valence electrons. The van der Waals surface area contributed by atoms with E-state index in [0.717, 1.165) is 51.7 Å². The maximum Gasteiger partial charge on any atom is 0.137 e. The van der Waals surface area contributed by atoms with E-state index in [9.17, 15) is 0 Å². The average Bonchev–Trinajstić information content (AvgIpc) is 2.88. The van der Waals surface area contributed by atoms with Gasteiger partial charge in [0.05, 0.1) is 36.3 Å². The van der Waals surface area contributed by atoms with Crippen molar-refractivity contribution in [2.24, 2.45) is 0 Å². The van der Waals surface area contributed by atoms with Crippen LogP contribution < -0.4 is 20.2 Å². The molecule has 2 aromatic carbocycles. The number of rotatable bonds is 5. The lowest BCUT2D eigenvalue weighted by Crippen LogP contribution is -2.45. The molecule has 0 aliphatic carbocycles. The smallest absolute Gasteiger partial charge is 0.137 e. The molecule has 2 unspecified atom stereocenters. The second-order valence-electron chi connectivity index (χ2n) is 8.77. The van der Waals surface area contributed by atoms with Crippen molar-refractivity contribution in [1.29, 1.82) is 5.26 Å². The Morgan fingerprint density at radius 2 is 1.77 bits per heavy atom. The van der Waals surface area contributed by atoms with Crippen LogP contribution in [0.15, 0.2) is 67.4 Å². The van der Waals surface area contributed by atoms with E-state index >= 15 is 0 Å². The molecule has 0 spiro atoms. The predicted molar refractivity (Wildman–Crippen MR) is 142 cm³/mol. The zero-order valence-corrected chi connectivity index (χ0v) is 20.8. The molecule has 1 aromatic heterocycles. The quantitative estimate of drug-likeness (QED) is 0.558. The third-order valence-electron chi connectivity index (χ3n) is 6.31. The largest absolute Gasteiger partial charge is 0.495 e. The van der Waals surface area contributed by atoms with E-state index in [4.69, 9.17) is 19.7 Å². The van der Waals surface area contributed by atoms with Gasteiger partial charge in [0, 0.05) is 41.3 Å². The first-order valence-corrected chi connectivity index (χ1v) is 11.9. The van der Waals surface area contributed by atoms with Crippen LogP contribution in [0.2, 0.25) is 0 Å². The van der Waals surface area contributed by atoms with Crippen molar-refractivity contribution in [2.75, 3.05) is 25.1 Å². The molecule has 1 aliphatic rings. The Morgan fingerprint density at radius 1 is 1.11 bits per heavy atom. The lowest BCUT2D eigenvalue weighted by Gasteiger charge is -2.36. The molecule has 0 radical (unpaired) electrons. The van der Waals surface area contributed by atoms with Crippen molar-refractivity contribution in [3.63, 3.8) is 0 Å². The van der Waals surface area contributed by atoms with Crippen LogP contribution in [0.1, 0.15) is 31.9 Å². The minimum Gasteiger partial charge on any atom is -0.495 e. The van der Waals surface area contributed by atoms with Gasteiger partial charge in [0.2, 0.25) is 0 Å². The number of morpholine rings is 1. The number of allylic oxidation sites excluding steroid dienone is 1. The molecule has 35 heavy (non-hydrogen) atoms. The minimum absolute atomic E-state index is 0.212. The Morgan fingerprint density at radius 3 is 2.31 bits per heavy atom. The molecule has 5 heteroatoms.